The van der Waals surface area contributed by atoms with Gasteiger partial charge in [0.05, 0.1) is 0 Å². The van der Waals surface area contributed by atoms with Crippen molar-refractivity contribution in [1.82, 2.24) is 0 Å². The molecule has 0 aromatic heterocycles. The molecule has 1 aromatic carbocycles. The molecule has 0 atom stereocenters. The first-order valence-electron chi connectivity index (χ1n) is 3.79. The van der Waals surface area contributed by atoms with Crippen molar-refractivity contribution in [1.29, 1.82) is 0 Å². The van der Waals surface area contributed by atoms with E-state index in [1.807, 2.05) is 6.92 Å². The van der Waals surface area contributed by atoms with Crippen molar-refractivity contribution in [3.05, 3.63) is 34.1 Å². The molecule has 1 rings (SSSR count). The monoisotopic (exact) mass is 166 g/mol. The molecule has 64 valence electrons. The van der Waals surface area contributed by atoms with E-state index in [0.29, 0.717) is 17.4 Å². The van der Waals surface area contributed by atoms with Crippen LogP contribution in [0.5, 0.6) is 0 Å². The maximum Gasteiger partial charge on any atom is 0.150 e. The standard InChI is InChI=1S/C10H11FO/c1-6-4-10(11)8(3)9(5-12)7(6)2/h4-5H,1-3H3. The van der Waals surface area contributed by atoms with Crippen LogP contribution in [0.4, 0.5) is 4.39 Å². The Bertz CT molecular complexity index is 303. The molecule has 1 nitrogen and oxygen atoms in total. The third kappa shape index (κ3) is 1.24. The Kier molecular flexibility index (Phi) is 2.27. The normalized spacial score (nSPS) is 10.0. The zero-order chi connectivity index (χ0) is 9.30. The molecule has 1 aromatic rings. The number of carbonyl (C=O) groups excluding carboxylic acids is 1. The number of aryl methyl sites for hydroxylation is 1. The van der Waals surface area contributed by atoms with Crippen LogP contribution in [0.2, 0.25) is 0 Å². The van der Waals surface area contributed by atoms with E-state index in [1.165, 1.54) is 6.07 Å². The van der Waals surface area contributed by atoms with Gasteiger partial charge in [-0.05, 0) is 43.5 Å². The second kappa shape index (κ2) is 3.05. The summed E-state index contributed by atoms with van der Waals surface area (Å²) in [6, 6.07) is 1.46. The summed E-state index contributed by atoms with van der Waals surface area (Å²) in [4.78, 5) is 10.6. The van der Waals surface area contributed by atoms with E-state index < -0.39 is 0 Å². The van der Waals surface area contributed by atoms with Gasteiger partial charge >= 0.3 is 0 Å². The average Bonchev–Trinajstić information content (AvgIpc) is 2.02. The van der Waals surface area contributed by atoms with Crippen LogP contribution >= 0.6 is 0 Å². The molecular weight excluding hydrogens is 155 g/mol. The fourth-order valence-corrected chi connectivity index (χ4v) is 1.21. The fraction of sp³-hybridized carbons (Fsp3) is 0.300. The van der Waals surface area contributed by atoms with Gasteiger partial charge in [0.15, 0.2) is 6.29 Å². The van der Waals surface area contributed by atoms with Crippen molar-refractivity contribution >= 4 is 6.29 Å². The van der Waals surface area contributed by atoms with Crippen molar-refractivity contribution in [3.8, 4) is 0 Å². The lowest BCUT2D eigenvalue weighted by Crippen LogP contribution is -1.97. The van der Waals surface area contributed by atoms with Gasteiger partial charge in [-0.25, -0.2) is 4.39 Å². The minimum Gasteiger partial charge on any atom is -0.298 e. The molecule has 0 amide bonds. The largest absolute Gasteiger partial charge is 0.298 e. The van der Waals surface area contributed by atoms with Crippen molar-refractivity contribution in [3.63, 3.8) is 0 Å². The summed E-state index contributed by atoms with van der Waals surface area (Å²) in [5, 5.41) is 0. The molecule has 12 heavy (non-hydrogen) atoms. The molecular formula is C10H11FO. The minimum atomic E-state index is -0.305. The van der Waals surface area contributed by atoms with Gasteiger partial charge in [0.25, 0.3) is 0 Å². The predicted octanol–water partition coefficient (Wildman–Crippen LogP) is 2.56. The van der Waals surface area contributed by atoms with Crippen LogP contribution in [-0.4, -0.2) is 6.29 Å². The van der Waals surface area contributed by atoms with E-state index in [0.717, 1.165) is 11.1 Å². The molecule has 2 heteroatoms. The zero-order valence-corrected chi connectivity index (χ0v) is 7.44. The molecule has 0 bridgehead atoms. The topological polar surface area (TPSA) is 17.1 Å². The van der Waals surface area contributed by atoms with E-state index >= 15 is 0 Å². The first-order chi connectivity index (χ1) is 5.57. The highest BCUT2D eigenvalue weighted by atomic mass is 19.1. The molecule has 0 aliphatic rings. The van der Waals surface area contributed by atoms with Gasteiger partial charge in [0.2, 0.25) is 0 Å². The highest BCUT2D eigenvalue weighted by molar-refractivity contribution is 5.80. The predicted molar refractivity (Wildman–Crippen MR) is 46.0 cm³/mol. The summed E-state index contributed by atoms with van der Waals surface area (Å²) in [5.74, 6) is -0.305. The Morgan fingerprint density at radius 3 is 2.33 bits per heavy atom. The van der Waals surface area contributed by atoms with Crippen molar-refractivity contribution < 1.29 is 9.18 Å². The van der Waals surface area contributed by atoms with Crippen molar-refractivity contribution in [2.45, 2.75) is 20.8 Å². The van der Waals surface area contributed by atoms with Gasteiger partial charge in [0, 0.05) is 5.56 Å². The molecule has 0 unspecified atom stereocenters. The van der Waals surface area contributed by atoms with Gasteiger partial charge in [-0.1, -0.05) is 0 Å². The van der Waals surface area contributed by atoms with Crippen LogP contribution < -0.4 is 0 Å². The summed E-state index contributed by atoms with van der Waals surface area (Å²) < 4.78 is 13.0. The summed E-state index contributed by atoms with van der Waals surface area (Å²) in [7, 11) is 0. The quantitative estimate of drug-likeness (QED) is 0.586. The smallest absolute Gasteiger partial charge is 0.150 e. The third-order valence-electron chi connectivity index (χ3n) is 2.22. The summed E-state index contributed by atoms with van der Waals surface area (Å²) >= 11 is 0. The number of rotatable bonds is 1. The van der Waals surface area contributed by atoms with Gasteiger partial charge in [-0.15, -0.1) is 0 Å². The molecule has 0 heterocycles. The Hall–Kier alpha value is -1.18. The fourth-order valence-electron chi connectivity index (χ4n) is 1.21. The first-order valence-corrected chi connectivity index (χ1v) is 3.79. The van der Waals surface area contributed by atoms with Gasteiger partial charge in [-0.3, -0.25) is 4.79 Å². The molecule has 0 aliphatic heterocycles. The van der Waals surface area contributed by atoms with E-state index in [2.05, 4.69) is 0 Å². The Morgan fingerprint density at radius 2 is 1.83 bits per heavy atom. The second-order valence-corrected chi connectivity index (χ2v) is 2.96. The summed E-state index contributed by atoms with van der Waals surface area (Å²) in [5.41, 5.74) is 2.60. The Morgan fingerprint density at radius 1 is 1.25 bits per heavy atom. The maximum atomic E-state index is 13.0. The summed E-state index contributed by atoms with van der Waals surface area (Å²) in [6.45, 7) is 5.24. The number of halogens is 1. The van der Waals surface area contributed by atoms with Crippen LogP contribution in [0.15, 0.2) is 6.07 Å². The SMILES string of the molecule is Cc1cc(F)c(C)c(C=O)c1C. The van der Waals surface area contributed by atoms with Crippen molar-refractivity contribution in [2.75, 3.05) is 0 Å². The average molecular weight is 166 g/mol. The first kappa shape index (κ1) is 8.91. The molecule has 0 fully saturated rings. The highest BCUT2D eigenvalue weighted by Gasteiger charge is 2.08. The molecule has 0 N–H and O–H groups in total. The summed E-state index contributed by atoms with van der Waals surface area (Å²) in [6.07, 6.45) is 0.709. The Labute approximate surface area is 71.2 Å². The van der Waals surface area contributed by atoms with Crippen LogP contribution in [0.25, 0.3) is 0 Å². The lowest BCUT2D eigenvalue weighted by atomic mass is 9.99. The number of carbonyl (C=O) groups is 1. The van der Waals surface area contributed by atoms with E-state index in [9.17, 15) is 9.18 Å². The lowest BCUT2D eigenvalue weighted by molar-refractivity contribution is 0.112. The number of hydrogen-bond acceptors (Lipinski definition) is 1. The zero-order valence-electron chi connectivity index (χ0n) is 7.44. The van der Waals surface area contributed by atoms with Crippen LogP contribution in [0, 0.1) is 26.6 Å². The van der Waals surface area contributed by atoms with E-state index in [4.69, 9.17) is 0 Å². The Balaban J connectivity index is 3.52. The van der Waals surface area contributed by atoms with Gasteiger partial charge in [0.1, 0.15) is 5.82 Å². The lowest BCUT2D eigenvalue weighted by Gasteiger charge is -2.07. The molecule has 0 saturated heterocycles. The molecule has 0 saturated carbocycles. The van der Waals surface area contributed by atoms with Gasteiger partial charge in [-0.2, -0.15) is 0 Å². The maximum absolute atomic E-state index is 13.0. The highest BCUT2D eigenvalue weighted by Crippen LogP contribution is 2.18. The number of aldehydes is 1. The third-order valence-corrected chi connectivity index (χ3v) is 2.22. The molecule has 0 aliphatic carbocycles. The van der Waals surface area contributed by atoms with E-state index in [1.54, 1.807) is 13.8 Å². The molecule has 0 spiro atoms. The van der Waals surface area contributed by atoms with Gasteiger partial charge < -0.3 is 0 Å². The number of benzene rings is 1. The second-order valence-electron chi connectivity index (χ2n) is 2.96. The van der Waals surface area contributed by atoms with Crippen molar-refractivity contribution in [2.24, 2.45) is 0 Å². The van der Waals surface area contributed by atoms with Crippen LogP contribution in [0.1, 0.15) is 27.0 Å². The minimum absolute atomic E-state index is 0.305. The molecule has 0 radical (unpaired) electrons. The van der Waals surface area contributed by atoms with Crippen LogP contribution in [-0.2, 0) is 0 Å². The van der Waals surface area contributed by atoms with Crippen LogP contribution in [0.3, 0.4) is 0 Å². The number of hydrogen-bond donors (Lipinski definition) is 0. The van der Waals surface area contributed by atoms with E-state index in [-0.39, 0.29) is 5.82 Å².